The van der Waals surface area contributed by atoms with E-state index in [1.165, 1.54) is 6.08 Å². The first-order valence-corrected chi connectivity index (χ1v) is 3.63. The summed E-state index contributed by atoms with van der Waals surface area (Å²) in [7, 11) is 0. The van der Waals surface area contributed by atoms with Gasteiger partial charge >= 0.3 is 0 Å². The zero-order chi connectivity index (χ0) is 8.97. The zero-order valence-electron chi connectivity index (χ0n) is 6.94. The van der Waals surface area contributed by atoms with E-state index in [9.17, 15) is 4.79 Å². The highest BCUT2D eigenvalue weighted by molar-refractivity contribution is 5.45. The lowest BCUT2D eigenvalue weighted by molar-refractivity contribution is 0.303. The van der Waals surface area contributed by atoms with Gasteiger partial charge < -0.3 is 0 Å². The highest BCUT2D eigenvalue weighted by atomic mass is 16.6. The number of nitrogens with zero attached hydrogens (tertiary/aromatic N) is 3. The van der Waals surface area contributed by atoms with Crippen LogP contribution in [0.3, 0.4) is 0 Å². The summed E-state index contributed by atoms with van der Waals surface area (Å²) < 4.78 is 4.43. The molecule has 0 aliphatic carbocycles. The minimum Gasteiger partial charge on any atom is -0.242 e. The van der Waals surface area contributed by atoms with Crippen molar-refractivity contribution in [2.45, 2.75) is 20.3 Å². The minimum atomic E-state index is 0.235. The molecule has 0 aliphatic heterocycles. The first-order chi connectivity index (χ1) is 5.74. The molecule has 0 fully saturated rings. The third kappa shape index (κ3) is 2.00. The van der Waals surface area contributed by atoms with Crippen LogP contribution in [0.25, 0.3) is 0 Å². The van der Waals surface area contributed by atoms with E-state index < -0.39 is 0 Å². The molecule has 1 aromatic rings. The van der Waals surface area contributed by atoms with Gasteiger partial charge in [-0.05, 0) is 17.5 Å². The Labute approximate surface area is 69.4 Å². The largest absolute Gasteiger partial charge is 0.242 e. The van der Waals surface area contributed by atoms with E-state index in [4.69, 9.17) is 0 Å². The van der Waals surface area contributed by atoms with Crippen LogP contribution in [-0.2, 0) is 11.2 Å². The van der Waals surface area contributed by atoms with Gasteiger partial charge in [0.2, 0.25) is 11.9 Å². The molecule has 0 bridgehead atoms. The Bertz CT molecular complexity index is 299. The van der Waals surface area contributed by atoms with Crippen LogP contribution < -0.4 is 0 Å². The van der Waals surface area contributed by atoms with Crippen molar-refractivity contribution in [3.63, 3.8) is 0 Å². The first kappa shape index (κ1) is 8.62. The molecule has 0 radical (unpaired) electrons. The number of aliphatic imine (C=N–C) groups is 1. The summed E-state index contributed by atoms with van der Waals surface area (Å²) in [6, 6.07) is 0. The van der Waals surface area contributed by atoms with E-state index >= 15 is 0 Å². The predicted octanol–water partition coefficient (Wildman–Crippen LogP) is 1.24. The molecule has 0 amide bonds. The maximum Gasteiger partial charge on any atom is 0.242 e. The molecule has 0 saturated carbocycles. The van der Waals surface area contributed by atoms with Crippen molar-refractivity contribution >= 4 is 11.9 Å². The lowest BCUT2D eigenvalue weighted by atomic mass is 10.1. The number of carbonyl (C=O) groups excluding carboxylic acids is 1. The summed E-state index contributed by atoms with van der Waals surface area (Å²) in [5.41, 5.74) is 0.605. The van der Waals surface area contributed by atoms with Crippen molar-refractivity contribution in [1.29, 1.82) is 0 Å². The van der Waals surface area contributed by atoms with Crippen LogP contribution in [0.2, 0.25) is 0 Å². The molecule has 64 valence electrons. The van der Waals surface area contributed by atoms with Gasteiger partial charge in [0.1, 0.15) is 5.69 Å². The summed E-state index contributed by atoms with van der Waals surface area (Å²) in [6.07, 6.45) is 2.09. The maximum absolute atomic E-state index is 9.91. The van der Waals surface area contributed by atoms with E-state index in [0.29, 0.717) is 18.0 Å². The molecular formula is C7H9N3O2. The Kier molecular flexibility index (Phi) is 2.71. The van der Waals surface area contributed by atoms with E-state index in [-0.39, 0.29) is 5.82 Å². The highest BCUT2D eigenvalue weighted by Crippen LogP contribution is 2.16. The molecule has 0 spiro atoms. The van der Waals surface area contributed by atoms with Gasteiger partial charge in [0.15, 0.2) is 0 Å². The summed E-state index contributed by atoms with van der Waals surface area (Å²) >= 11 is 0. The molecule has 0 atom stereocenters. The minimum absolute atomic E-state index is 0.235. The smallest absolute Gasteiger partial charge is 0.242 e. The van der Waals surface area contributed by atoms with Crippen LogP contribution >= 0.6 is 0 Å². The Morgan fingerprint density at radius 2 is 2.33 bits per heavy atom. The number of isocyanates is 1. The van der Waals surface area contributed by atoms with Crippen LogP contribution in [0.4, 0.5) is 5.82 Å². The van der Waals surface area contributed by atoms with Gasteiger partial charge in [0, 0.05) is 0 Å². The van der Waals surface area contributed by atoms with Crippen LogP contribution in [0.5, 0.6) is 0 Å². The topological polar surface area (TPSA) is 68.3 Å². The van der Waals surface area contributed by atoms with Gasteiger partial charge in [-0.15, -0.1) is 4.99 Å². The van der Waals surface area contributed by atoms with Crippen LogP contribution in [0.1, 0.15) is 19.5 Å². The van der Waals surface area contributed by atoms with Crippen LogP contribution in [0.15, 0.2) is 9.62 Å². The lowest BCUT2D eigenvalue weighted by Crippen LogP contribution is -1.94. The molecule has 0 N–H and O–H groups in total. The fraction of sp³-hybridized carbons (Fsp3) is 0.571. The van der Waals surface area contributed by atoms with Crippen molar-refractivity contribution < 1.29 is 9.42 Å². The summed E-state index contributed by atoms with van der Waals surface area (Å²) in [6.45, 7) is 4.06. The predicted molar refractivity (Wildman–Crippen MR) is 40.6 cm³/mol. The Morgan fingerprint density at radius 3 is 2.92 bits per heavy atom. The van der Waals surface area contributed by atoms with E-state index in [0.717, 1.165) is 0 Å². The maximum atomic E-state index is 9.91. The fourth-order valence-corrected chi connectivity index (χ4v) is 0.845. The molecule has 1 heterocycles. The summed E-state index contributed by atoms with van der Waals surface area (Å²) in [5.74, 6) is 0.663. The van der Waals surface area contributed by atoms with Crippen molar-refractivity contribution in [2.75, 3.05) is 0 Å². The molecule has 0 saturated heterocycles. The molecule has 0 unspecified atom stereocenters. The molecule has 1 aromatic heterocycles. The average Bonchev–Trinajstić information content (AvgIpc) is 2.37. The molecule has 5 nitrogen and oxygen atoms in total. The average molecular weight is 167 g/mol. The Morgan fingerprint density at radius 1 is 1.58 bits per heavy atom. The third-order valence-corrected chi connectivity index (χ3v) is 1.29. The van der Waals surface area contributed by atoms with Gasteiger partial charge in [-0.2, -0.15) is 0 Å². The van der Waals surface area contributed by atoms with Gasteiger partial charge in [-0.25, -0.2) is 9.42 Å². The van der Waals surface area contributed by atoms with Crippen molar-refractivity contribution in [2.24, 2.45) is 10.9 Å². The van der Waals surface area contributed by atoms with E-state index in [2.05, 4.69) is 19.9 Å². The lowest BCUT2D eigenvalue weighted by Gasteiger charge is -1.97. The fourth-order valence-electron chi connectivity index (χ4n) is 0.845. The first-order valence-electron chi connectivity index (χ1n) is 3.63. The SMILES string of the molecule is CC(C)Cc1nonc1N=C=O. The Hall–Kier alpha value is -1.48. The van der Waals surface area contributed by atoms with Crippen LogP contribution in [0, 0.1) is 5.92 Å². The summed E-state index contributed by atoms with van der Waals surface area (Å²) in [5, 5.41) is 7.06. The number of hydrogen-bond donors (Lipinski definition) is 0. The van der Waals surface area contributed by atoms with Gasteiger partial charge in [-0.1, -0.05) is 19.0 Å². The normalized spacial score (nSPS) is 9.92. The standard InChI is InChI=1S/C7H9N3O2/c1-5(2)3-6-7(8-4-11)10-12-9-6/h5H,3H2,1-2H3. The molecule has 5 heteroatoms. The van der Waals surface area contributed by atoms with Gasteiger partial charge in [-0.3, -0.25) is 0 Å². The molecule has 1 rings (SSSR count). The molecular weight excluding hydrogens is 158 g/mol. The zero-order valence-corrected chi connectivity index (χ0v) is 6.94. The third-order valence-electron chi connectivity index (χ3n) is 1.29. The second-order valence-corrected chi connectivity index (χ2v) is 2.84. The van der Waals surface area contributed by atoms with Crippen molar-refractivity contribution in [3.05, 3.63) is 5.69 Å². The number of aromatic nitrogens is 2. The van der Waals surface area contributed by atoms with Gasteiger partial charge in [0.05, 0.1) is 0 Å². The van der Waals surface area contributed by atoms with E-state index in [1.807, 2.05) is 13.8 Å². The van der Waals surface area contributed by atoms with Crippen molar-refractivity contribution in [1.82, 2.24) is 10.3 Å². The Balaban J connectivity index is 2.83. The van der Waals surface area contributed by atoms with E-state index in [1.54, 1.807) is 0 Å². The van der Waals surface area contributed by atoms with Crippen molar-refractivity contribution in [3.8, 4) is 0 Å². The van der Waals surface area contributed by atoms with Gasteiger partial charge in [0.25, 0.3) is 0 Å². The molecule has 0 aliphatic rings. The number of hydrogen-bond acceptors (Lipinski definition) is 5. The monoisotopic (exact) mass is 167 g/mol. The second-order valence-electron chi connectivity index (χ2n) is 2.84. The molecule has 0 aromatic carbocycles. The highest BCUT2D eigenvalue weighted by Gasteiger charge is 2.09. The molecule has 12 heavy (non-hydrogen) atoms. The number of rotatable bonds is 3. The van der Waals surface area contributed by atoms with Crippen LogP contribution in [-0.4, -0.2) is 16.4 Å². The summed E-state index contributed by atoms with van der Waals surface area (Å²) in [4.78, 5) is 13.3. The quantitative estimate of drug-likeness (QED) is 0.501. The second kappa shape index (κ2) is 3.78.